The number of carboxylic acid groups (broad SMARTS) is 1. The van der Waals surface area contributed by atoms with Crippen molar-refractivity contribution < 1.29 is 24.1 Å². The average Bonchev–Trinajstić information content (AvgIpc) is 3.00. The summed E-state index contributed by atoms with van der Waals surface area (Å²) in [5, 5.41) is 11.9. The van der Waals surface area contributed by atoms with Gasteiger partial charge in [0.15, 0.2) is 0 Å². The van der Waals surface area contributed by atoms with E-state index < -0.39 is 25.2 Å². The molecular formula is C15H22NO5P. The van der Waals surface area contributed by atoms with Crippen LogP contribution < -0.4 is 5.09 Å². The summed E-state index contributed by atoms with van der Waals surface area (Å²) in [4.78, 5) is 21.9. The van der Waals surface area contributed by atoms with Gasteiger partial charge in [0, 0.05) is 6.61 Å². The van der Waals surface area contributed by atoms with Crippen molar-refractivity contribution in [3.8, 4) is 0 Å². The number of hydrogen-bond donors (Lipinski definition) is 3. The lowest BCUT2D eigenvalue weighted by molar-refractivity contribution is -0.139. The molecule has 0 saturated carbocycles. The number of hydrogen-bond acceptors (Lipinski definition) is 3. The molecule has 2 rings (SSSR count). The van der Waals surface area contributed by atoms with Gasteiger partial charge in [-0.15, -0.1) is 0 Å². The summed E-state index contributed by atoms with van der Waals surface area (Å²) in [6, 6.07) is 7.20. The number of ether oxygens (including phenoxy) is 1. The number of benzene rings is 1. The molecule has 1 aliphatic rings. The SMILES string of the molecule is CCC(C1CCCO1)P(=O)(O)NC(C(=O)O)c1ccccc1. The third-order valence-electron chi connectivity index (χ3n) is 3.96. The predicted molar refractivity (Wildman–Crippen MR) is 82.8 cm³/mol. The van der Waals surface area contributed by atoms with Crippen LogP contribution in [0.5, 0.6) is 0 Å². The Balaban J connectivity index is 2.20. The zero-order chi connectivity index (χ0) is 16.2. The lowest BCUT2D eigenvalue weighted by atomic mass is 10.1. The number of carboxylic acids is 1. The van der Waals surface area contributed by atoms with Crippen LogP contribution in [-0.4, -0.2) is 34.3 Å². The van der Waals surface area contributed by atoms with E-state index in [-0.39, 0.29) is 6.10 Å². The molecule has 1 saturated heterocycles. The van der Waals surface area contributed by atoms with Crippen molar-refractivity contribution in [2.75, 3.05) is 6.61 Å². The Morgan fingerprint density at radius 3 is 2.64 bits per heavy atom. The highest BCUT2D eigenvalue weighted by atomic mass is 31.2. The standard InChI is InChI=1S/C15H22NO5P/c1-2-13(12-9-6-10-21-12)22(19,20)16-14(15(17)18)11-7-4-3-5-8-11/h3-5,7-8,12-14H,2,6,9-10H2,1H3,(H,17,18)(H2,16,19,20). The van der Waals surface area contributed by atoms with E-state index in [9.17, 15) is 19.4 Å². The number of nitrogens with one attached hydrogen (secondary N) is 1. The van der Waals surface area contributed by atoms with Gasteiger partial charge in [-0.25, -0.2) is 5.09 Å². The third kappa shape index (κ3) is 3.96. The van der Waals surface area contributed by atoms with Crippen LogP contribution in [0.3, 0.4) is 0 Å². The molecule has 0 bridgehead atoms. The van der Waals surface area contributed by atoms with Crippen LogP contribution in [0.2, 0.25) is 0 Å². The molecule has 0 radical (unpaired) electrons. The monoisotopic (exact) mass is 327 g/mol. The van der Waals surface area contributed by atoms with E-state index >= 15 is 0 Å². The van der Waals surface area contributed by atoms with Crippen molar-refractivity contribution in [2.45, 2.75) is 44.0 Å². The Labute approximate surface area is 130 Å². The van der Waals surface area contributed by atoms with E-state index in [1.807, 2.05) is 6.92 Å². The fourth-order valence-electron chi connectivity index (χ4n) is 2.84. The Morgan fingerprint density at radius 1 is 1.45 bits per heavy atom. The van der Waals surface area contributed by atoms with Gasteiger partial charge in [0.05, 0.1) is 11.8 Å². The van der Waals surface area contributed by atoms with E-state index in [0.717, 1.165) is 12.8 Å². The van der Waals surface area contributed by atoms with Crippen LogP contribution in [0.1, 0.15) is 37.8 Å². The lowest BCUT2D eigenvalue weighted by Crippen LogP contribution is -2.34. The first-order valence-corrected chi connectivity index (χ1v) is 9.18. The van der Waals surface area contributed by atoms with Gasteiger partial charge >= 0.3 is 5.97 Å². The molecule has 4 unspecified atom stereocenters. The van der Waals surface area contributed by atoms with Crippen LogP contribution >= 0.6 is 7.52 Å². The summed E-state index contributed by atoms with van der Waals surface area (Å²) in [7, 11) is -3.88. The molecule has 1 heterocycles. The Morgan fingerprint density at radius 2 is 2.14 bits per heavy atom. The molecular weight excluding hydrogens is 305 g/mol. The minimum absolute atomic E-state index is 0.293. The van der Waals surface area contributed by atoms with Gasteiger partial charge in [-0.05, 0) is 24.8 Å². The van der Waals surface area contributed by atoms with Gasteiger partial charge in [0.2, 0.25) is 0 Å². The van der Waals surface area contributed by atoms with Crippen molar-refractivity contribution >= 4 is 13.5 Å². The molecule has 0 aliphatic carbocycles. The molecule has 3 N–H and O–H groups in total. The van der Waals surface area contributed by atoms with Gasteiger partial charge in [0.25, 0.3) is 7.52 Å². The van der Waals surface area contributed by atoms with Crippen molar-refractivity contribution in [3.63, 3.8) is 0 Å². The fourth-order valence-corrected chi connectivity index (χ4v) is 4.84. The number of carbonyl (C=O) groups is 1. The summed E-state index contributed by atoms with van der Waals surface area (Å²) >= 11 is 0. The van der Waals surface area contributed by atoms with Crippen LogP contribution in [0.25, 0.3) is 0 Å². The zero-order valence-electron chi connectivity index (χ0n) is 12.5. The highest BCUT2D eigenvalue weighted by Crippen LogP contribution is 2.49. The van der Waals surface area contributed by atoms with Crippen molar-refractivity contribution in [1.82, 2.24) is 5.09 Å². The van der Waals surface area contributed by atoms with E-state index in [0.29, 0.717) is 18.6 Å². The first kappa shape index (κ1) is 17.2. The predicted octanol–water partition coefficient (Wildman–Crippen LogP) is 2.54. The normalized spacial score (nSPS) is 23.6. The maximum absolute atomic E-state index is 12.7. The average molecular weight is 327 g/mol. The van der Waals surface area contributed by atoms with Gasteiger partial charge in [-0.3, -0.25) is 9.36 Å². The van der Waals surface area contributed by atoms with E-state index in [1.165, 1.54) is 0 Å². The second-order valence-electron chi connectivity index (χ2n) is 5.46. The Hall–Kier alpha value is -1.20. The minimum Gasteiger partial charge on any atom is -0.480 e. The topological polar surface area (TPSA) is 95.9 Å². The van der Waals surface area contributed by atoms with E-state index in [4.69, 9.17) is 4.74 Å². The van der Waals surface area contributed by atoms with Gasteiger partial charge < -0.3 is 14.7 Å². The summed E-state index contributed by atoms with van der Waals surface area (Å²) in [5.41, 5.74) is -0.146. The van der Waals surface area contributed by atoms with Crippen LogP contribution in [0.15, 0.2) is 30.3 Å². The maximum atomic E-state index is 12.7. The molecule has 0 spiro atoms. The van der Waals surface area contributed by atoms with Crippen LogP contribution in [-0.2, 0) is 14.1 Å². The second-order valence-corrected chi connectivity index (χ2v) is 7.63. The molecule has 7 heteroatoms. The minimum atomic E-state index is -3.88. The fraction of sp³-hybridized carbons (Fsp3) is 0.533. The van der Waals surface area contributed by atoms with Crippen molar-refractivity contribution in [2.24, 2.45) is 0 Å². The van der Waals surface area contributed by atoms with Crippen LogP contribution in [0, 0.1) is 0 Å². The zero-order valence-corrected chi connectivity index (χ0v) is 13.4. The second kappa shape index (κ2) is 7.38. The first-order valence-electron chi connectivity index (χ1n) is 7.45. The number of rotatable bonds is 7. The maximum Gasteiger partial charge on any atom is 0.325 e. The summed E-state index contributed by atoms with van der Waals surface area (Å²) in [5.74, 6) is -1.18. The molecule has 4 atom stereocenters. The molecule has 6 nitrogen and oxygen atoms in total. The molecule has 0 amide bonds. The largest absolute Gasteiger partial charge is 0.480 e. The summed E-state index contributed by atoms with van der Waals surface area (Å²) in [6.07, 6.45) is 1.75. The summed E-state index contributed by atoms with van der Waals surface area (Å²) in [6.45, 7) is 2.40. The van der Waals surface area contributed by atoms with Gasteiger partial charge in [0.1, 0.15) is 6.04 Å². The molecule has 122 valence electrons. The van der Waals surface area contributed by atoms with Crippen molar-refractivity contribution in [3.05, 3.63) is 35.9 Å². The Bertz CT molecular complexity index is 544. The van der Waals surface area contributed by atoms with Crippen LogP contribution in [0.4, 0.5) is 0 Å². The van der Waals surface area contributed by atoms with Gasteiger partial charge in [-0.1, -0.05) is 37.3 Å². The molecule has 1 fully saturated rings. The van der Waals surface area contributed by atoms with Gasteiger partial charge in [-0.2, -0.15) is 0 Å². The molecule has 1 aromatic carbocycles. The summed E-state index contributed by atoms with van der Waals surface area (Å²) < 4.78 is 18.2. The van der Waals surface area contributed by atoms with E-state index in [2.05, 4.69) is 5.09 Å². The van der Waals surface area contributed by atoms with Crippen molar-refractivity contribution in [1.29, 1.82) is 0 Å². The molecule has 1 aliphatic heterocycles. The third-order valence-corrected chi connectivity index (χ3v) is 6.18. The Kier molecular flexibility index (Phi) is 5.75. The van der Waals surface area contributed by atoms with E-state index in [1.54, 1.807) is 30.3 Å². The quantitative estimate of drug-likeness (QED) is 0.666. The molecule has 22 heavy (non-hydrogen) atoms. The smallest absolute Gasteiger partial charge is 0.325 e. The number of aliphatic carboxylic acids is 1. The highest BCUT2D eigenvalue weighted by Gasteiger charge is 2.41. The molecule has 1 aromatic rings. The first-order chi connectivity index (χ1) is 10.5. The molecule has 0 aromatic heterocycles. The lowest BCUT2D eigenvalue weighted by Gasteiger charge is -2.29. The highest BCUT2D eigenvalue weighted by molar-refractivity contribution is 7.56.